The molecule has 1 rings (SSSR count). The average molecular weight is 445 g/mol. The third kappa shape index (κ3) is 6.31. The highest BCUT2D eigenvalue weighted by atomic mass is 35.5. The van der Waals surface area contributed by atoms with Gasteiger partial charge in [0.15, 0.2) is 0 Å². The highest BCUT2D eigenvalue weighted by Gasteiger charge is 2.25. The molecule has 0 aromatic heterocycles. The SMILES string of the molecule is CS(=O)(=O)Nc1cc(NNC(=O)C(Cl)=C(Cl)C(=O)C(F)F)c(F)cc1C#N. The first-order chi connectivity index (χ1) is 12.4. The Hall–Kier alpha value is -2.49. The molecule has 0 saturated carbocycles. The number of anilines is 2. The van der Waals surface area contributed by atoms with Crippen molar-refractivity contribution in [2.45, 2.75) is 6.43 Å². The minimum absolute atomic E-state index is 0.300. The van der Waals surface area contributed by atoms with Gasteiger partial charge in [-0.15, -0.1) is 0 Å². The summed E-state index contributed by atoms with van der Waals surface area (Å²) >= 11 is 10.7. The van der Waals surface area contributed by atoms with Gasteiger partial charge in [-0.25, -0.2) is 21.6 Å². The van der Waals surface area contributed by atoms with Crippen molar-refractivity contribution < 1.29 is 31.2 Å². The van der Waals surface area contributed by atoms with Gasteiger partial charge in [0.25, 0.3) is 5.91 Å². The summed E-state index contributed by atoms with van der Waals surface area (Å²) in [4.78, 5) is 22.7. The molecule has 0 radical (unpaired) electrons. The number of nitriles is 1. The molecule has 0 saturated heterocycles. The second kappa shape index (κ2) is 8.94. The maximum atomic E-state index is 13.9. The van der Waals surface area contributed by atoms with E-state index in [2.05, 4.69) is 0 Å². The van der Waals surface area contributed by atoms with Gasteiger partial charge in [0, 0.05) is 0 Å². The number of hydrogen-bond acceptors (Lipinski definition) is 6. The largest absolute Gasteiger partial charge is 0.301 e. The lowest BCUT2D eigenvalue weighted by atomic mass is 10.2. The molecule has 0 fully saturated rings. The van der Waals surface area contributed by atoms with Crippen LogP contribution in [0.3, 0.4) is 0 Å². The number of benzene rings is 1. The van der Waals surface area contributed by atoms with Gasteiger partial charge >= 0.3 is 6.43 Å². The number of ketones is 1. The van der Waals surface area contributed by atoms with Crippen molar-refractivity contribution in [3.05, 3.63) is 33.6 Å². The zero-order valence-corrected chi connectivity index (χ0v) is 15.4. The van der Waals surface area contributed by atoms with E-state index < -0.39 is 49.7 Å². The van der Waals surface area contributed by atoms with Crippen molar-refractivity contribution in [2.24, 2.45) is 0 Å². The van der Waals surface area contributed by atoms with Crippen LogP contribution in [0.2, 0.25) is 0 Å². The lowest BCUT2D eigenvalue weighted by Crippen LogP contribution is -2.31. The zero-order chi connectivity index (χ0) is 20.9. The lowest BCUT2D eigenvalue weighted by Gasteiger charge is -2.13. The van der Waals surface area contributed by atoms with Crippen LogP contribution in [0, 0.1) is 17.1 Å². The standard InChI is InChI=1S/C13H9Cl2F3N4O4S/c1-27(25,26)22-7-3-8(6(16)2-5(7)4-19)20-21-13(24)10(15)9(14)11(23)12(17)18/h2-3,12,20,22H,1H3,(H,21,24). The molecule has 0 aliphatic heterocycles. The van der Waals surface area contributed by atoms with Gasteiger partial charge < -0.3 is 0 Å². The van der Waals surface area contributed by atoms with Gasteiger partial charge in [0.05, 0.1) is 23.2 Å². The summed E-state index contributed by atoms with van der Waals surface area (Å²) in [6, 6.07) is 3.09. The number of amides is 1. The number of rotatable bonds is 7. The van der Waals surface area contributed by atoms with E-state index in [1.807, 2.05) is 10.1 Å². The fraction of sp³-hybridized carbons (Fsp3) is 0.154. The normalized spacial score (nSPS) is 12.1. The van der Waals surface area contributed by atoms with Crippen LogP contribution in [0.1, 0.15) is 5.56 Å². The van der Waals surface area contributed by atoms with Crippen molar-refractivity contribution in [2.75, 3.05) is 16.4 Å². The molecule has 3 N–H and O–H groups in total. The predicted molar refractivity (Wildman–Crippen MR) is 91.1 cm³/mol. The summed E-state index contributed by atoms with van der Waals surface area (Å²) in [6.45, 7) is 0. The minimum Gasteiger partial charge on any atom is -0.295 e. The Morgan fingerprint density at radius 3 is 2.26 bits per heavy atom. The van der Waals surface area contributed by atoms with Gasteiger partial charge in [-0.3, -0.25) is 25.2 Å². The van der Waals surface area contributed by atoms with E-state index in [0.29, 0.717) is 6.07 Å². The summed E-state index contributed by atoms with van der Waals surface area (Å²) in [5.41, 5.74) is 2.63. The van der Waals surface area contributed by atoms with Crippen LogP contribution >= 0.6 is 23.2 Å². The fourth-order valence-corrected chi connectivity index (χ4v) is 2.41. The van der Waals surface area contributed by atoms with Crippen LogP contribution in [0.25, 0.3) is 0 Å². The third-order valence-electron chi connectivity index (χ3n) is 2.64. The predicted octanol–water partition coefficient (Wildman–Crippen LogP) is 2.04. The molecule has 0 spiro atoms. The molecule has 146 valence electrons. The fourth-order valence-electron chi connectivity index (χ4n) is 1.53. The number of sulfonamides is 1. The summed E-state index contributed by atoms with van der Waals surface area (Å²) in [7, 11) is -3.81. The number of halogens is 5. The average Bonchev–Trinajstić information content (AvgIpc) is 2.57. The quantitative estimate of drug-likeness (QED) is 0.435. The van der Waals surface area contributed by atoms with Gasteiger partial charge in [-0.05, 0) is 12.1 Å². The monoisotopic (exact) mass is 444 g/mol. The molecular formula is C13H9Cl2F3N4O4S. The van der Waals surface area contributed by atoms with Crippen molar-refractivity contribution in [3.63, 3.8) is 0 Å². The molecule has 0 bridgehead atoms. The highest BCUT2D eigenvalue weighted by molar-refractivity contribution is 7.92. The van der Waals surface area contributed by atoms with Crippen LogP contribution in [-0.2, 0) is 19.6 Å². The maximum Gasteiger partial charge on any atom is 0.301 e. The first-order valence-corrected chi connectivity index (χ1v) is 9.17. The van der Waals surface area contributed by atoms with Gasteiger partial charge in [0.2, 0.25) is 15.8 Å². The van der Waals surface area contributed by atoms with Crippen molar-refractivity contribution in [1.82, 2.24) is 5.43 Å². The Labute approximate surface area is 160 Å². The van der Waals surface area contributed by atoms with E-state index in [0.717, 1.165) is 12.3 Å². The molecule has 0 unspecified atom stereocenters. The number of Topliss-reactive ketones (excluding diaryl/α,β-unsaturated/α-hetero) is 1. The first kappa shape index (κ1) is 22.6. The number of nitrogens with zero attached hydrogens (tertiary/aromatic N) is 1. The van der Waals surface area contributed by atoms with E-state index >= 15 is 0 Å². The van der Waals surface area contributed by atoms with Gasteiger partial charge in [-0.1, -0.05) is 23.2 Å². The van der Waals surface area contributed by atoms with Crippen LogP contribution in [0.15, 0.2) is 22.2 Å². The molecular weight excluding hydrogens is 436 g/mol. The lowest BCUT2D eigenvalue weighted by molar-refractivity contribution is -0.125. The minimum atomic E-state index is -3.81. The molecule has 8 nitrogen and oxygen atoms in total. The van der Waals surface area contributed by atoms with Crippen molar-refractivity contribution in [3.8, 4) is 6.07 Å². The van der Waals surface area contributed by atoms with E-state index in [-0.39, 0.29) is 11.3 Å². The molecule has 0 heterocycles. The molecule has 14 heteroatoms. The molecule has 0 aliphatic rings. The topological polar surface area (TPSA) is 128 Å². The molecule has 1 aromatic carbocycles. The Morgan fingerprint density at radius 1 is 1.19 bits per heavy atom. The summed E-state index contributed by atoms with van der Waals surface area (Å²) < 4.78 is 63.0. The second-order valence-electron chi connectivity index (χ2n) is 4.74. The highest BCUT2D eigenvalue weighted by Crippen LogP contribution is 2.25. The Morgan fingerprint density at radius 2 is 1.78 bits per heavy atom. The summed E-state index contributed by atoms with van der Waals surface area (Å²) in [5, 5.41) is 6.59. The molecule has 1 amide bonds. The van der Waals surface area contributed by atoms with Crippen molar-refractivity contribution >= 4 is 56.3 Å². The number of nitrogens with one attached hydrogen (secondary N) is 3. The van der Waals surface area contributed by atoms with Crippen LogP contribution in [0.4, 0.5) is 24.5 Å². The van der Waals surface area contributed by atoms with E-state index in [1.54, 1.807) is 11.5 Å². The maximum absolute atomic E-state index is 13.9. The number of allylic oxidation sites excluding steroid dienone is 1. The van der Waals surface area contributed by atoms with Crippen molar-refractivity contribution in [1.29, 1.82) is 5.26 Å². The second-order valence-corrected chi connectivity index (χ2v) is 7.24. The van der Waals surface area contributed by atoms with E-state index in [4.69, 9.17) is 28.5 Å². The van der Waals surface area contributed by atoms with Crippen LogP contribution in [0.5, 0.6) is 0 Å². The van der Waals surface area contributed by atoms with Crippen LogP contribution < -0.4 is 15.6 Å². The Kier molecular flexibility index (Phi) is 7.46. The smallest absolute Gasteiger partial charge is 0.295 e. The molecule has 1 aromatic rings. The first-order valence-electron chi connectivity index (χ1n) is 6.52. The number of alkyl halides is 2. The summed E-state index contributed by atoms with van der Waals surface area (Å²) in [5.74, 6) is -4.31. The van der Waals surface area contributed by atoms with Crippen LogP contribution in [-0.4, -0.2) is 32.8 Å². The molecule has 0 aliphatic carbocycles. The molecule has 0 atom stereocenters. The van der Waals surface area contributed by atoms with Gasteiger partial charge in [0.1, 0.15) is 22.0 Å². The number of carbonyl (C=O) groups is 2. The Balaban J connectivity index is 3.08. The van der Waals surface area contributed by atoms with E-state index in [1.165, 1.54) is 0 Å². The third-order valence-corrected chi connectivity index (χ3v) is 4.06. The Bertz CT molecular complexity index is 961. The van der Waals surface area contributed by atoms with E-state index in [9.17, 15) is 31.2 Å². The summed E-state index contributed by atoms with van der Waals surface area (Å²) in [6.07, 6.45) is -2.70. The number of hydrazine groups is 1. The number of carbonyl (C=O) groups excluding carboxylic acids is 2. The van der Waals surface area contributed by atoms with Gasteiger partial charge in [-0.2, -0.15) is 5.26 Å². The zero-order valence-electron chi connectivity index (χ0n) is 13.1. The molecule has 27 heavy (non-hydrogen) atoms. The number of hydrogen-bond donors (Lipinski definition) is 3.